The van der Waals surface area contributed by atoms with Gasteiger partial charge in [0.25, 0.3) is 5.69 Å². The fourth-order valence-electron chi connectivity index (χ4n) is 2.45. The van der Waals surface area contributed by atoms with E-state index < -0.39 is 4.92 Å². The van der Waals surface area contributed by atoms with Crippen molar-refractivity contribution < 1.29 is 9.72 Å². The zero-order valence-electron chi connectivity index (χ0n) is 10.7. The molecule has 1 heterocycles. The van der Waals surface area contributed by atoms with Crippen molar-refractivity contribution in [2.24, 2.45) is 11.7 Å². The Balaban J connectivity index is 2.16. The molecular weight excluding hydrogens is 284 g/mol. The van der Waals surface area contributed by atoms with Crippen LogP contribution in [0.25, 0.3) is 0 Å². The number of hydrogen-bond donors (Lipinski definition) is 2. The molecule has 1 aliphatic rings. The SMILES string of the molecule is NC(=O)C1CCCCC1Nc1ncc([N+](=O)[O-])cc1Cl. The molecule has 1 amide bonds. The molecule has 7 nitrogen and oxygen atoms in total. The highest BCUT2D eigenvalue weighted by molar-refractivity contribution is 6.33. The van der Waals surface area contributed by atoms with Crippen LogP contribution in [0, 0.1) is 16.0 Å². The van der Waals surface area contributed by atoms with Gasteiger partial charge in [-0.1, -0.05) is 24.4 Å². The number of nitrogens with one attached hydrogen (secondary N) is 1. The second kappa shape index (κ2) is 6.04. The third kappa shape index (κ3) is 3.16. The summed E-state index contributed by atoms with van der Waals surface area (Å²) in [6, 6.07) is 1.10. The van der Waals surface area contributed by atoms with E-state index in [1.54, 1.807) is 0 Å². The van der Waals surface area contributed by atoms with Crippen LogP contribution in [0.4, 0.5) is 11.5 Å². The summed E-state index contributed by atoms with van der Waals surface area (Å²) in [6.07, 6.45) is 4.62. The predicted molar refractivity (Wildman–Crippen MR) is 74.5 cm³/mol. The number of carbonyl (C=O) groups excluding carboxylic acids is 1. The molecule has 0 bridgehead atoms. The summed E-state index contributed by atoms with van der Waals surface area (Å²) in [6.45, 7) is 0. The van der Waals surface area contributed by atoms with E-state index in [4.69, 9.17) is 17.3 Å². The molecule has 1 fully saturated rings. The van der Waals surface area contributed by atoms with Crippen LogP contribution in [-0.2, 0) is 4.79 Å². The number of aromatic nitrogens is 1. The first-order valence-electron chi connectivity index (χ1n) is 6.35. The van der Waals surface area contributed by atoms with E-state index in [-0.39, 0.29) is 28.6 Å². The summed E-state index contributed by atoms with van der Waals surface area (Å²) in [5.74, 6) is -0.271. The van der Waals surface area contributed by atoms with Gasteiger partial charge in [0.15, 0.2) is 0 Å². The number of anilines is 1. The van der Waals surface area contributed by atoms with E-state index in [9.17, 15) is 14.9 Å². The van der Waals surface area contributed by atoms with Crippen molar-refractivity contribution in [2.75, 3.05) is 5.32 Å². The van der Waals surface area contributed by atoms with Crippen LogP contribution >= 0.6 is 11.6 Å². The summed E-state index contributed by atoms with van der Waals surface area (Å²) < 4.78 is 0. The highest BCUT2D eigenvalue weighted by atomic mass is 35.5. The van der Waals surface area contributed by atoms with Crippen molar-refractivity contribution in [1.29, 1.82) is 0 Å². The largest absolute Gasteiger partial charge is 0.369 e. The molecule has 0 aromatic carbocycles. The smallest absolute Gasteiger partial charge is 0.289 e. The topological polar surface area (TPSA) is 111 Å². The van der Waals surface area contributed by atoms with E-state index in [0.29, 0.717) is 5.82 Å². The number of amides is 1. The van der Waals surface area contributed by atoms with Crippen molar-refractivity contribution in [2.45, 2.75) is 31.7 Å². The molecule has 0 radical (unpaired) electrons. The number of halogens is 1. The summed E-state index contributed by atoms with van der Waals surface area (Å²) >= 11 is 5.97. The van der Waals surface area contributed by atoms with Gasteiger partial charge in [0.1, 0.15) is 12.0 Å². The molecule has 8 heteroatoms. The molecular formula is C12H15ClN4O3. The van der Waals surface area contributed by atoms with E-state index >= 15 is 0 Å². The van der Waals surface area contributed by atoms with Crippen molar-refractivity contribution in [3.8, 4) is 0 Å². The van der Waals surface area contributed by atoms with Gasteiger partial charge >= 0.3 is 0 Å². The molecule has 2 atom stereocenters. The van der Waals surface area contributed by atoms with Crippen LogP contribution < -0.4 is 11.1 Å². The van der Waals surface area contributed by atoms with Crippen molar-refractivity contribution >= 4 is 29.0 Å². The third-order valence-corrected chi connectivity index (χ3v) is 3.78. The Bertz CT molecular complexity index is 537. The number of pyridine rings is 1. The van der Waals surface area contributed by atoms with Crippen LogP contribution in [0.2, 0.25) is 5.02 Å². The maximum atomic E-state index is 11.4. The molecule has 0 aliphatic heterocycles. The van der Waals surface area contributed by atoms with Crippen LogP contribution in [0.5, 0.6) is 0 Å². The molecule has 3 N–H and O–H groups in total. The molecule has 2 rings (SSSR count). The Labute approximate surface area is 120 Å². The monoisotopic (exact) mass is 298 g/mol. The normalized spacial score (nSPS) is 22.2. The van der Waals surface area contributed by atoms with Crippen LogP contribution in [0.1, 0.15) is 25.7 Å². The molecule has 108 valence electrons. The summed E-state index contributed by atoms with van der Waals surface area (Å²) in [7, 11) is 0. The van der Waals surface area contributed by atoms with Crippen LogP contribution in [-0.4, -0.2) is 21.9 Å². The lowest BCUT2D eigenvalue weighted by Gasteiger charge is -2.30. The van der Waals surface area contributed by atoms with Gasteiger partial charge < -0.3 is 11.1 Å². The summed E-state index contributed by atoms with van der Waals surface area (Å²) in [4.78, 5) is 25.4. The molecule has 1 aromatic rings. The van der Waals surface area contributed by atoms with Crippen molar-refractivity contribution in [1.82, 2.24) is 4.98 Å². The first-order chi connectivity index (χ1) is 9.49. The molecule has 1 saturated carbocycles. The van der Waals surface area contributed by atoms with Gasteiger partial charge in [-0.3, -0.25) is 14.9 Å². The average molecular weight is 299 g/mol. The second-order valence-corrected chi connectivity index (χ2v) is 5.23. The zero-order chi connectivity index (χ0) is 14.7. The number of primary amides is 1. The van der Waals surface area contributed by atoms with E-state index in [1.807, 2.05) is 0 Å². The lowest BCUT2D eigenvalue weighted by Crippen LogP contribution is -2.40. The number of hydrogen-bond acceptors (Lipinski definition) is 5. The number of nitrogens with two attached hydrogens (primary N) is 1. The van der Waals surface area contributed by atoms with Crippen LogP contribution in [0.3, 0.4) is 0 Å². The minimum absolute atomic E-state index is 0.132. The van der Waals surface area contributed by atoms with E-state index in [2.05, 4.69) is 10.3 Å². The molecule has 1 aromatic heterocycles. The highest BCUT2D eigenvalue weighted by Crippen LogP contribution is 2.30. The minimum atomic E-state index is -0.560. The average Bonchev–Trinajstić information content (AvgIpc) is 2.41. The zero-order valence-corrected chi connectivity index (χ0v) is 11.5. The van der Waals surface area contributed by atoms with Gasteiger partial charge in [0, 0.05) is 12.1 Å². The van der Waals surface area contributed by atoms with Crippen LogP contribution in [0.15, 0.2) is 12.3 Å². The summed E-state index contributed by atoms with van der Waals surface area (Å²) in [5.41, 5.74) is 5.22. The first-order valence-corrected chi connectivity index (χ1v) is 6.72. The van der Waals surface area contributed by atoms with Gasteiger partial charge in [0.05, 0.1) is 15.9 Å². The Kier molecular flexibility index (Phi) is 4.39. The Hall–Kier alpha value is -1.89. The molecule has 0 saturated heterocycles. The summed E-state index contributed by atoms with van der Waals surface area (Å²) in [5, 5.41) is 13.9. The lowest BCUT2D eigenvalue weighted by atomic mass is 9.84. The molecule has 0 spiro atoms. The predicted octanol–water partition coefficient (Wildman–Crippen LogP) is 2.10. The first kappa shape index (κ1) is 14.5. The fourth-order valence-corrected chi connectivity index (χ4v) is 2.67. The van der Waals surface area contributed by atoms with Gasteiger partial charge in [-0.05, 0) is 12.8 Å². The van der Waals surface area contributed by atoms with E-state index in [1.165, 1.54) is 6.07 Å². The van der Waals surface area contributed by atoms with Gasteiger partial charge in [-0.15, -0.1) is 0 Å². The number of nitrogens with zero attached hydrogens (tertiary/aromatic N) is 2. The number of carbonyl (C=O) groups is 1. The maximum absolute atomic E-state index is 11.4. The fraction of sp³-hybridized carbons (Fsp3) is 0.500. The minimum Gasteiger partial charge on any atom is -0.369 e. The second-order valence-electron chi connectivity index (χ2n) is 4.83. The lowest BCUT2D eigenvalue weighted by molar-refractivity contribution is -0.385. The van der Waals surface area contributed by atoms with Crippen molar-refractivity contribution in [3.05, 3.63) is 27.4 Å². The Morgan fingerprint density at radius 1 is 1.50 bits per heavy atom. The van der Waals surface area contributed by atoms with Gasteiger partial charge in [-0.25, -0.2) is 4.98 Å². The third-order valence-electron chi connectivity index (χ3n) is 3.49. The number of rotatable bonds is 4. The quantitative estimate of drug-likeness (QED) is 0.653. The number of nitro groups is 1. The Morgan fingerprint density at radius 2 is 2.20 bits per heavy atom. The van der Waals surface area contributed by atoms with E-state index in [0.717, 1.165) is 31.9 Å². The molecule has 1 aliphatic carbocycles. The van der Waals surface area contributed by atoms with Gasteiger partial charge in [0.2, 0.25) is 5.91 Å². The maximum Gasteiger partial charge on any atom is 0.289 e. The van der Waals surface area contributed by atoms with Gasteiger partial charge in [-0.2, -0.15) is 0 Å². The standard InChI is InChI=1S/C12H15ClN4O3/c13-9-5-7(17(19)20)6-15-12(9)16-10-4-2-1-3-8(10)11(14)18/h5-6,8,10H,1-4H2,(H2,14,18)(H,15,16). The Morgan fingerprint density at radius 3 is 2.80 bits per heavy atom. The molecule has 2 unspecified atom stereocenters. The van der Waals surface area contributed by atoms with Crippen molar-refractivity contribution in [3.63, 3.8) is 0 Å². The molecule has 20 heavy (non-hydrogen) atoms. The highest BCUT2D eigenvalue weighted by Gasteiger charge is 2.30.